The number of anilines is 3. The highest BCUT2D eigenvalue weighted by Crippen LogP contribution is 2.36. The minimum atomic E-state index is -0.755. The largest absolute Gasteiger partial charge is 0.465 e. The molecule has 0 fully saturated rings. The molecule has 2 N–H and O–H groups in total. The molecule has 0 saturated carbocycles. The number of nitrogens with zero attached hydrogens (tertiary/aromatic N) is 2. The second-order valence-electron chi connectivity index (χ2n) is 7.31. The van der Waals surface area contributed by atoms with Crippen molar-refractivity contribution in [1.29, 1.82) is 0 Å². The van der Waals surface area contributed by atoms with Crippen molar-refractivity contribution in [2.24, 2.45) is 0 Å². The summed E-state index contributed by atoms with van der Waals surface area (Å²) < 4.78 is 4.69. The molecule has 184 valence electrons. The van der Waals surface area contributed by atoms with Crippen LogP contribution in [0.25, 0.3) is 0 Å². The van der Waals surface area contributed by atoms with E-state index in [1.54, 1.807) is 6.92 Å². The van der Waals surface area contributed by atoms with Crippen LogP contribution >= 0.6 is 46.1 Å². The highest BCUT2D eigenvalue weighted by atomic mass is 35.5. The zero-order valence-corrected chi connectivity index (χ0v) is 21.6. The number of hydrogen-bond donors (Lipinski definition) is 2. The number of thiazole rings is 1. The molecule has 0 atom stereocenters. The lowest BCUT2D eigenvalue weighted by Crippen LogP contribution is -2.32. The number of imide groups is 1. The topological polar surface area (TPSA) is 118 Å². The van der Waals surface area contributed by atoms with Crippen LogP contribution in [0.5, 0.6) is 0 Å². The van der Waals surface area contributed by atoms with E-state index >= 15 is 0 Å². The Hall–Kier alpha value is -3.44. The molecule has 0 unspecified atom stereocenters. The van der Waals surface area contributed by atoms with Gasteiger partial charge in [0, 0.05) is 16.3 Å². The van der Waals surface area contributed by atoms with Gasteiger partial charge in [0.15, 0.2) is 5.13 Å². The third-order valence-corrected chi connectivity index (χ3v) is 6.94. The average molecular weight is 566 g/mol. The van der Waals surface area contributed by atoms with Crippen molar-refractivity contribution in [3.63, 3.8) is 0 Å². The second kappa shape index (κ2) is 10.3. The maximum Gasteiger partial charge on any atom is 0.350 e. The molecule has 1 aliphatic rings. The molecule has 0 aliphatic carbocycles. The smallest absolute Gasteiger partial charge is 0.350 e. The highest BCUT2D eigenvalue weighted by Gasteiger charge is 2.40. The van der Waals surface area contributed by atoms with Crippen LogP contribution in [-0.2, 0) is 14.3 Å². The van der Waals surface area contributed by atoms with Gasteiger partial charge in [-0.15, -0.1) is 0 Å². The lowest BCUT2D eigenvalue weighted by Gasteiger charge is -2.17. The molecule has 3 amide bonds. The summed E-state index contributed by atoms with van der Waals surface area (Å²) in [6, 6.07) is 10.4. The fourth-order valence-corrected chi connectivity index (χ4v) is 4.70. The maximum absolute atomic E-state index is 13.0. The summed E-state index contributed by atoms with van der Waals surface area (Å²) in [5.74, 6) is -2.46. The molecule has 3 aromatic rings. The van der Waals surface area contributed by atoms with E-state index in [4.69, 9.17) is 39.5 Å². The van der Waals surface area contributed by atoms with E-state index in [1.165, 1.54) is 49.6 Å². The number of amides is 3. The number of aryl methyl sites for hydroxylation is 1. The van der Waals surface area contributed by atoms with Crippen LogP contribution in [0.4, 0.5) is 16.5 Å². The summed E-state index contributed by atoms with van der Waals surface area (Å²) >= 11 is 19.3. The third-order valence-electron chi connectivity index (χ3n) is 4.98. The molecular formula is C23H15Cl3N4O5S. The molecule has 1 aliphatic heterocycles. The summed E-state index contributed by atoms with van der Waals surface area (Å²) in [5, 5.41) is 5.80. The van der Waals surface area contributed by atoms with Gasteiger partial charge in [-0.2, -0.15) is 0 Å². The number of nitrogens with one attached hydrogen (secondary N) is 2. The third kappa shape index (κ3) is 4.93. The Bertz CT molecular complexity index is 1450. The van der Waals surface area contributed by atoms with Gasteiger partial charge < -0.3 is 10.1 Å². The molecule has 0 spiro atoms. The zero-order chi connectivity index (χ0) is 26.1. The summed E-state index contributed by atoms with van der Waals surface area (Å²) in [6.45, 7) is 1.63. The van der Waals surface area contributed by atoms with Crippen LogP contribution in [0.1, 0.15) is 25.7 Å². The molecule has 13 heteroatoms. The lowest BCUT2D eigenvalue weighted by atomic mass is 10.2. The van der Waals surface area contributed by atoms with Gasteiger partial charge in [-0.25, -0.2) is 14.7 Å². The zero-order valence-electron chi connectivity index (χ0n) is 18.5. The number of carbonyl (C=O) groups excluding carboxylic acids is 4. The van der Waals surface area contributed by atoms with E-state index in [-0.39, 0.29) is 37.2 Å². The van der Waals surface area contributed by atoms with Crippen molar-refractivity contribution < 1.29 is 23.9 Å². The van der Waals surface area contributed by atoms with Crippen molar-refractivity contribution in [3.05, 3.63) is 79.4 Å². The second-order valence-corrected chi connectivity index (χ2v) is 9.53. The Morgan fingerprint density at radius 2 is 1.72 bits per heavy atom. The molecule has 2 heterocycles. The Morgan fingerprint density at radius 3 is 2.39 bits per heavy atom. The van der Waals surface area contributed by atoms with E-state index in [0.29, 0.717) is 16.3 Å². The summed E-state index contributed by atoms with van der Waals surface area (Å²) in [7, 11) is 1.26. The Balaban J connectivity index is 1.48. The fraction of sp³-hybridized carbons (Fsp3) is 0.0870. The molecule has 0 bridgehead atoms. The first-order chi connectivity index (χ1) is 17.1. The number of ether oxygens (including phenoxy) is 1. The van der Waals surface area contributed by atoms with Gasteiger partial charge in [-0.3, -0.25) is 19.7 Å². The van der Waals surface area contributed by atoms with Gasteiger partial charge in [0.2, 0.25) is 0 Å². The minimum Gasteiger partial charge on any atom is -0.465 e. The van der Waals surface area contributed by atoms with E-state index in [1.807, 2.05) is 0 Å². The first-order valence-electron chi connectivity index (χ1n) is 10.1. The van der Waals surface area contributed by atoms with Crippen LogP contribution in [0.3, 0.4) is 0 Å². The first-order valence-corrected chi connectivity index (χ1v) is 12.0. The van der Waals surface area contributed by atoms with Crippen LogP contribution in [-0.4, -0.2) is 35.8 Å². The fourth-order valence-electron chi connectivity index (χ4n) is 3.24. The van der Waals surface area contributed by atoms with Gasteiger partial charge in [0.25, 0.3) is 17.7 Å². The average Bonchev–Trinajstić information content (AvgIpc) is 3.32. The monoisotopic (exact) mass is 564 g/mol. The van der Waals surface area contributed by atoms with Gasteiger partial charge in [0.05, 0.1) is 23.5 Å². The molecule has 2 aromatic carbocycles. The molecule has 4 rings (SSSR count). The predicted octanol–water partition coefficient (Wildman–Crippen LogP) is 5.23. The van der Waals surface area contributed by atoms with Crippen molar-refractivity contribution >= 4 is 86.3 Å². The van der Waals surface area contributed by atoms with Crippen LogP contribution < -0.4 is 15.5 Å². The summed E-state index contributed by atoms with van der Waals surface area (Å²) in [4.78, 5) is 55.3. The number of hydrogen-bond acceptors (Lipinski definition) is 8. The Labute approximate surface area is 223 Å². The number of carbonyl (C=O) groups is 4. The lowest BCUT2D eigenvalue weighted by molar-refractivity contribution is -0.120. The van der Waals surface area contributed by atoms with Crippen molar-refractivity contribution in [1.82, 2.24) is 4.98 Å². The van der Waals surface area contributed by atoms with Gasteiger partial charge >= 0.3 is 5.97 Å². The molecule has 0 radical (unpaired) electrons. The number of esters is 1. The van der Waals surface area contributed by atoms with Gasteiger partial charge in [0.1, 0.15) is 15.6 Å². The van der Waals surface area contributed by atoms with E-state index in [9.17, 15) is 19.2 Å². The molecule has 9 nitrogen and oxygen atoms in total. The van der Waals surface area contributed by atoms with Gasteiger partial charge in [-0.05, 0) is 49.4 Å². The van der Waals surface area contributed by atoms with E-state index in [0.717, 1.165) is 16.2 Å². The Kier molecular flexibility index (Phi) is 7.32. The van der Waals surface area contributed by atoms with Crippen molar-refractivity contribution in [3.8, 4) is 0 Å². The molecule has 36 heavy (non-hydrogen) atoms. The van der Waals surface area contributed by atoms with Crippen LogP contribution in [0, 0.1) is 6.92 Å². The maximum atomic E-state index is 13.0. The number of halogens is 3. The summed E-state index contributed by atoms with van der Waals surface area (Å²) in [6.07, 6.45) is 0. The number of methoxy groups -OCH3 is 1. The SMILES string of the molecule is COC(=O)c1sc(NC(=O)c2ccc(NC3=C(Cl)C(=O)N(c4cc(Cl)ccc4Cl)C3=O)cc2)nc1C. The number of aromatic nitrogens is 1. The summed E-state index contributed by atoms with van der Waals surface area (Å²) in [5.41, 5.74) is 1.08. The van der Waals surface area contributed by atoms with Crippen molar-refractivity contribution in [2.45, 2.75) is 6.92 Å². The Morgan fingerprint density at radius 1 is 1.03 bits per heavy atom. The first kappa shape index (κ1) is 25.6. The molecule has 1 aromatic heterocycles. The number of rotatable bonds is 6. The van der Waals surface area contributed by atoms with E-state index < -0.39 is 23.7 Å². The van der Waals surface area contributed by atoms with Crippen LogP contribution in [0.15, 0.2) is 53.2 Å². The minimum absolute atomic E-state index is 0.105. The quantitative estimate of drug-likeness (QED) is 0.310. The standard InChI is InChI=1S/C23H15Cl3N4O5S/c1-10-18(22(34)35-2)36-23(27-10)29-19(31)11-3-6-13(7-4-11)28-17-16(26)20(32)30(21(17)33)15-9-12(24)5-8-14(15)25/h3-9,28H,1-2H3,(H,27,29,31). The normalized spacial score (nSPS) is 13.3. The molecular weight excluding hydrogens is 551 g/mol. The van der Waals surface area contributed by atoms with E-state index in [2.05, 4.69) is 15.6 Å². The number of benzene rings is 2. The predicted molar refractivity (Wildman–Crippen MR) is 138 cm³/mol. The highest BCUT2D eigenvalue weighted by molar-refractivity contribution is 7.17. The van der Waals surface area contributed by atoms with Crippen molar-refractivity contribution in [2.75, 3.05) is 22.6 Å². The van der Waals surface area contributed by atoms with Crippen LogP contribution in [0.2, 0.25) is 10.0 Å². The molecule has 0 saturated heterocycles. The van der Waals surface area contributed by atoms with Gasteiger partial charge in [-0.1, -0.05) is 46.1 Å².